The van der Waals surface area contributed by atoms with Crippen molar-refractivity contribution in [1.82, 2.24) is 4.90 Å². The molecule has 1 N–H and O–H groups in total. The van der Waals surface area contributed by atoms with Crippen molar-refractivity contribution < 1.29 is 14.6 Å². The fraction of sp³-hybridized carbons (Fsp3) is 0.857. The molecule has 2 rings (SSSR count). The Kier molecular flexibility index (Phi) is 4.02. The number of carboxylic acids is 1. The summed E-state index contributed by atoms with van der Waals surface area (Å²) in [6.07, 6.45) is 5.44. The van der Waals surface area contributed by atoms with E-state index in [0.29, 0.717) is 12.6 Å². The zero-order valence-corrected chi connectivity index (χ0v) is 12.1. The molecule has 0 saturated heterocycles. The highest BCUT2D eigenvalue weighted by atomic mass is 16.5. The summed E-state index contributed by atoms with van der Waals surface area (Å²) in [5.41, 5.74) is -0.251. The number of amidine groups is 1. The zero-order valence-electron chi connectivity index (χ0n) is 12.1. The predicted molar refractivity (Wildman–Crippen MR) is 73.2 cm³/mol. The second kappa shape index (κ2) is 5.39. The number of aliphatic imine (C=N–C) groups is 1. The van der Waals surface area contributed by atoms with Gasteiger partial charge in [0.1, 0.15) is 12.6 Å². The predicted octanol–water partition coefficient (Wildman–Crippen LogP) is 2.12. The first-order valence-corrected chi connectivity index (χ1v) is 7.09. The minimum atomic E-state index is -0.773. The first-order valence-electron chi connectivity index (χ1n) is 7.09. The SMILES string of the molecule is CN(C1=NC(C)(C)CO1)[C@H](C(=O)O)C1CCCCC1. The Morgan fingerprint density at radius 1 is 1.42 bits per heavy atom. The molecule has 1 saturated carbocycles. The number of hydrogen-bond donors (Lipinski definition) is 1. The molecule has 19 heavy (non-hydrogen) atoms. The van der Waals surface area contributed by atoms with Crippen molar-refractivity contribution in [3.63, 3.8) is 0 Å². The van der Waals surface area contributed by atoms with E-state index in [2.05, 4.69) is 4.99 Å². The number of carbonyl (C=O) groups is 1. The molecule has 1 aliphatic carbocycles. The second-order valence-electron chi connectivity index (χ2n) is 6.29. The summed E-state index contributed by atoms with van der Waals surface area (Å²) >= 11 is 0. The standard InChI is InChI=1S/C14H24N2O3/c1-14(2)9-19-13(15-14)16(3)11(12(17)18)10-7-5-4-6-8-10/h10-11H,4-9H2,1-3H3,(H,17,18)/t11-/m0/s1. The van der Waals surface area contributed by atoms with Gasteiger partial charge >= 0.3 is 5.97 Å². The number of hydrogen-bond acceptors (Lipinski definition) is 4. The number of nitrogens with zero attached hydrogens (tertiary/aromatic N) is 2. The van der Waals surface area contributed by atoms with Crippen LogP contribution in [0.1, 0.15) is 46.0 Å². The van der Waals surface area contributed by atoms with Gasteiger partial charge in [0.25, 0.3) is 6.02 Å². The van der Waals surface area contributed by atoms with Gasteiger partial charge in [0, 0.05) is 7.05 Å². The lowest BCUT2D eigenvalue weighted by Crippen LogP contribution is -2.47. The van der Waals surface area contributed by atoms with Crippen molar-refractivity contribution in [2.45, 2.75) is 57.5 Å². The largest absolute Gasteiger partial charge is 0.480 e. The maximum atomic E-state index is 11.6. The van der Waals surface area contributed by atoms with E-state index in [1.54, 1.807) is 11.9 Å². The Balaban J connectivity index is 2.13. The van der Waals surface area contributed by atoms with E-state index in [1.165, 1.54) is 6.42 Å². The highest BCUT2D eigenvalue weighted by molar-refractivity contribution is 5.83. The lowest BCUT2D eigenvalue weighted by atomic mass is 9.83. The first-order chi connectivity index (χ1) is 8.91. The van der Waals surface area contributed by atoms with Gasteiger partial charge in [-0.2, -0.15) is 0 Å². The summed E-state index contributed by atoms with van der Waals surface area (Å²) in [7, 11) is 1.79. The van der Waals surface area contributed by atoms with Crippen LogP contribution in [0.25, 0.3) is 0 Å². The van der Waals surface area contributed by atoms with E-state index in [4.69, 9.17) is 4.74 Å². The number of ether oxygens (including phenoxy) is 1. The van der Waals surface area contributed by atoms with Crippen molar-refractivity contribution in [2.24, 2.45) is 10.9 Å². The van der Waals surface area contributed by atoms with Gasteiger partial charge in [-0.1, -0.05) is 19.3 Å². The molecule has 0 aromatic carbocycles. The van der Waals surface area contributed by atoms with Crippen LogP contribution in [0.15, 0.2) is 4.99 Å². The van der Waals surface area contributed by atoms with Crippen molar-refractivity contribution >= 4 is 12.0 Å². The zero-order chi connectivity index (χ0) is 14.0. The number of carboxylic acid groups (broad SMARTS) is 1. The summed E-state index contributed by atoms with van der Waals surface area (Å²) in [5.74, 6) is -0.573. The minimum Gasteiger partial charge on any atom is -0.480 e. The van der Waals surface area contributed by atoms with Crippen LogP contribution in [-0.4, -0.2) is 47.2 Å². The highest BCUT2D eigenvalue weighted by Gasteiger charge is 2.38. The third-order valence-electron chi connectivity index (χ3n) is 4.02. The summed E-state index contributed by atoms with van der Waals surface area (Å²) in [5, 5.41) is 9.53. The van der Waals surface area contributed by atoms with Gasteiger partial charge in [-0.05, 0) is 32.6 Å². The maximum absolute atomic E-state index is 11.6. The van der Waals surface area contributed by atoms with Crippen LogP contribution in [0.4, 0.5) is 0 Å². The Hall–Kier alpha value is -1.26. The van der Waals surface area contributed by atoms with Crippen molar-refractivity contribution in [2.75, 3.05) is 13.7 Å². The van der Waals surface area contributed by atoms with Gasteiger partial charge in [0.05, 0.1) is 5.54 Å². The lowest BCUT2D eigenvalue weighted by molar-refractivity contribution is -0.144. The van der Waals surface area contributed by atoms with Crippen molar-refractivity contribution in [3.05, 3.63) is 0 Å². The van der Waals surface area contributed by atoms with Crippen LogP contribution in [-0.2, 0) is 9.53 Å². The van der Waals surface area contributed by atoms with E-state index >= 15 is 0 Å². The average Bonchev–Trinajstić information content (AvgIpc) is 2.71. The van der Waals surface area contributed by atoms with E-state index in [-0.39, 0.29) is 11.5 Å². The Bertz CT molecular complexity index is 373. The van der Waals surface area contributed by atoms with Crippen LogP contribution < -0.4 is 0 Å². The highest BCUT2D eigenvalue weighted by Crippen LogP contribution is 2.30. The quantitative estimate of drug-likeness (QED) is 0.851. The second-order valence-corrected chi connectivity index (χ2v) is 6.29. The molecular formula is C14H24N2O3. The number of likely N-dealkylation sites (N-methyl/N-ethyl adjacent to an activating group) is 1. The molecule has 1 heterocycles. The van der Waals surface area contributed by atoms with Gasteiger partial charge in [0.2, 0.25) is 0 Å². The Labute approximate surface area is 114 Å². The van der Waals surface area contributed by atoms with Crippen LogP contribution >= 0.6 is 0 Å². The van der Waals surface area contributed by atoms with Crippen LogP contribution in [0, 0.1) is 5.92 Å². The summed E-state index contributed by atoms with van der Waals surface area (Å²) < 4.78 is 5.56. The Morgan fingerprint density at radius 3 is 2.53 bits per heavy atom. The normalized spacial score (nSPS) is 24.5. The van der Waals surface area contributed by atoms with E-state index in [9.17, 15) is 9.90 Å². The molecule has 0 aromatic heterocycles. The molecule has 0 unspecified atom stereocenters. The van der Waals surface area contributed by atoms with Gasteiger partial charge in [0.15, 0.2) is 0 Å². The van der Waals surface area contributed by atoms with Gasteiger partial charge in [-0.15, -0.1) is 0 Å². The van der Waals surface area contributed by atoms with Crippen LogP contribution in [0.5, 0.6) is 0 Å². The molecule has 5 nitrogen and oxygen atoms in total. The molecular weight excluding hydrogens is 244 g/mol. The molecule has 1 atom stereocenters. The Morgan fingerprint density at radius 2 is 2.05 bits per heavy atom. The van der Waals surface area contributed by atoms with Gasteiger partial charge in [-0.25, -0.2) is 9.79 Å². The topological polar surface area (TPSA) is 62.1 Å². The van der Waals surface area contributed by atoms with Gasteiger partial charge < -0.3 is 14.7 Å². The molecule has 0 amide bonds. The molecule has 0 aromatic rings. The van der Waals surface area contributed by atoms with E-state index < -0.39 is 12.0 Å². The third kappa shape index (κ3) is 3.19. The van der Waals surface area contributed by atoms with Crippen molar-refractivity contribution in [3.8, 4) is 0 Å². The third-order valence-corrected chi connectivity index (χ3v) is 4.02. The molecule has 0 spiro atoms. The molecule has 0 bridgehead atoms. The fourth-order valence-corrected chi connectivity index (χ4v) is 3.00. The van der Waals surface area contributed by atoms with E-state index in [0.717, 1.165) is 25.7 Å². The van der Waals surface area contributed by atoms with E-state index in [1.807, 2.05) is 13.8 Å². The summed E-state index contributed by atoms with van der Waals surface area (Å²) in [6.45, 7) is 4.50. The van der Waals surface area contributed by atoms with Crippen LogP contribution in [0.3, 0.4) is 0 Å². The van der Waals surface area contributed by atoms with Crippen molar-refractivity contribution in [1.29, 1.82) is 0 Å². The fourth-order valence-electron chi connectivity index (χ4n) is 3.00. The average molecular weight is 268 g/mol. The van der Waals surface area contributed by atoms with Crippen LogP contribution in [0.2, 0.25) is 0 Å². The summed E-state index contributed by atoms with van der Waals surface area (Å²) in [6, 6.07) is -0.0454. The molecule has 1 aliphatic heterocycles. The molecule has 0 radical (unpaired) electrons. The van der Waals surface area contributed by atoms with Gasteiger partial charge in [-0.3, -0.25) is 0 Å². The first kappa shape index (κ1) is 14.2. The lowest BCUT2D eigenvalue weighted by Gasteiger charge is -2.33. The molecule has 1 fully saturated rings. The number of aliphatic carboxylic acids is 1. The molecule has 108 valence electrons. The monoisotopic (exact) mass is 268 g/mol. The minimum absolute atomic E-state index is 0.200. The molecule has 2 aliphatic rings. The maximum Gasteiger partial charge on any atom is 0.326 e. The smallest absolute Gasteiger partial charge is 0.326 e. The summed E-state index contributed by atoms with van der Waals surface area (Å²) in [4.78, 5) is 17.8. The number of rotatable bonds is 3. The molecule has 5 heteroatoms.